The van der Waals surface area contributed by atoms with Crippen LogP contribution in [0, 0.1) is 6.92 Å². The van der Waals surface area contributed by atoms with Crippen LogP contribution < -0.4 is 16.0 Å². The minimum absolute atomic E-state index is 0.177. The fourth-order valence-electron chi connectivity index (χ4n) is 1.64. The molecule has 0 saturated heterocycles. The molecule has 2 aromatic carbocycles. The van der Waals surface area contributed by atoms with Crippen molar-refractivity contribution in [1.82, 2.24) is 0 Å². The number of hydrogen-bond acceptors (Lipinski definition) is 4. The first-order chi connectivity index (χ1) is 9.42. The van der Waals surface area contributed by atoms with Gasteiger partial charge in [-0.1, -0.05) is 22.0 Å². The second-order valence-electron chi connectivity index (χ2n) is 4.23. The molecular weight excluding hydrogens is 342 g/mol. The third-order valence-corrected chi connectivity index (χ3v) is 4.65. The van der Waals surface area contributed by atoms with Crippen molar-refractivity contribution in [2.45, 2.75) is 11.8 Å². The molecular formula is C13H14BrN3O2S. The summed E-state index contributed by atoms with van der Waals surface area (Å²) in [5.41, 5.74) is 4.48. The number of benzene rings is 2. The molecule has 2 rings (SSSR count). The third-order valence-electron chi connectivity index (χ3n) is 2.78. The standard InChI is InChI=1S/C13H14BrN3O2S/c1-9-2-3-10(14)8-13(9)17-20(18,19)12-6-4-11(16-15)5-7-12/h2-8,16-17H,15H2,1H3. The van der Waals surface area contributed by atoms with E-state index < -0.39 is 10.0 Å². The van der Waals surface area contributed by atoms with E-state index in [-0.39, 0.29) is 4.90 Å². The molecule has 0 amide bonds. The van der Waals surface area contributed by atoms with Crippen LogP contribution in [0.15, 0.2) is 51.8 Å². The average Bonchev–Trinajstić information content (AvgIpc) is 2.43. The Bertz CT molecular complexity index is 715. The van der Waals surface area contributed by atoms with E-state index in [0.29, 0.717) is 11.4 Å². The molecule has 0 spiro atoms. The maximum atomic E-state index is 12.3. The molecule has 0 saturated carbocycles. The van der Waals surface area contributed by atoms with Gasteiger partial charge in [0.15, 0.2) is 0 Å². The van der Waals surface area contributed by atoms with Crippen LogP contribution in [0.2, 0.25) is 0 Å². The van der Waals surface area contributed by atoms with Gasteiger partial charge < -0.3 is 5.43 Å². The van der Waals surface area contributed by atoms with Crippen molar-refractivity contribution in [3.05, 3.63) is 52.5 Å². The van der Waals surface area contributed by atoms with Gasteiger partial charge in [0.1, 0.15) is 0 Å². The third kappa shape index (κ3) is 3.30. The van der Waals surface area contributed by atoms with Crippen LogP contribution in [0.25, 0.3) is 0 Å². The summed E-state index contributed by atoms with van der Waals surface area (Å²) in [5.74, 6) is 5.25. The number of halogens is 1. The highest BCUT2D eigenvalue weighted by atomic mass is 79.9. The minimum atomic E-state index is -3.62. The van der Waals surface area contributed by atoms with Crippen LogP contribution in [0.3, 0.4) is 0 Å². The lowest BCUT2D eigenvalue weighted by atomic mass is 10.2. The molecule has 7 heteroatoms. The maximum absolute atomic E-state index is 12.3. The van der Waals surface area contributed by atoms with E-state index in [1.807, 2.05) is 19.1 Å². The van der Waals surface area contributed by atoms with Gasteiger partial charge in [-0.25, -0.2) is 8.42 Å². The zero-order chi connectivity index (χ0) is 14.8. The van der Waals surface area contributed by atoms with E-state index in [9.17, 15) is 8.42 Å². The number of hydrogen-bond donors (Lipinski definition) is 3. The SMILES string of the molecule is Cc1ccc(Br)cc1NS(=O)(=O)c1ccc(NN)cc1. The fraction of sp³-hybridized carbons (Fsp3) is 0.0769. The number of anilines is 2. The zero-order valence-electron chi connectivity index (χ0n) is 10.7. The highest BCUT2D eigenvalue weighted by Gasteiger charge is 2.15. The van der Waals surface area contributed by atoms with Gasteiger partial charge in [-0.15, -0.1) is 0 Å². The van der Waals surface area contributed by atoms with Gasteiger partial charge in [-0.3, -0.25) is 10.6 Å². The van der Waals surface area contributed by atoms with Crippen LogP contribution in [0.5, 0.6) is 0 Å². The summed E-state index contributed by atoms with van der Waals surface area (Å²) in [7, 11) is -3.62. The van der Waals surface area contributed by atoms with Crippen LogP contribution in [0.4, 0.5) is 11.4 Å². The number of aryl methyl sites for hydroxylation is 1. The van der Waals surface area contributed by atoms with Crippen LogP contribution in [-0.2, 0) is 10.0 Å². The van der Waals surface area contributed by atoms with Gasteiger partial charge >= 0.3 is 0 Å². The normalized spacial score (nSPS) is 11.2. The molecule has 2 aromatic rings. The van der Waals surface area contributed by atoms with Gasteiger partial charge in [0.2, 0.25) is 0 Å². The second kappa shape index (κ2) is 5.82. The molecule has 0 aliphatic rings. The summed E-state index contributed by atoms with van der Waals surface area (Å²) in [5, 5.41) is 0. The van der Waals surface area contributed by atoms with E-state index >= 15 is 0 Å². The Morgan fingerprint density at radius 2 is 1.75 bits per heavy atom. The number of nitrogen functional groups attached to an aromatic ring is 1. The predicted molar refractivity (Wildman–Crippen MR) is 83.9 cm³/mol. The lowest BCUT2D eigenvalue weighted by Crippen LogP contribution is -2.14. The van der Waals surface area contributed by atoms with Crippen molar-refractivity contribution in [3.8, 4) is 0 Å². The Hall–Kier alpha value is -1.57. The molecule has 5 nitrogen and oxygen atoms in total. The fourth-order valence-corrected chi connectivity index (χ4v) is 3.12. The molecule has 4 N–H and O–H groups in total. The Kier molecular flexibility index (Phi) is 4.32. The number of hydrazine groups is 1. The van der Waals surface area contributed by atoms with Crippen molar-refractivity contribution < 1.29 is 8.42 Å². The number of nitrogens with two attached hydrogens (primary N) is 1. The quantitative estimate of drug-likeness (QED) is 0.581. The number of nitrogens with one attached hydrogen (secondary N) is 2. The second-order valence-corrected chi connectivity index (χ2v) is 6.83. The maximum Gasteiger partial charge on any atom is 0.261 e. The first kappa shape index (κ1) is 14.8. The summed E-state index contributed by atoms with van der Waals surface area (Å²) >= 11 is 3.32. The van der Waals surface area contributed by atoms with Gasteiger partial charge in [-0.2, -0.15) is 0 Å². The number of rotatable bonds is 4. The van der Waals surface area contributed by atoms with E-state index in [1.54, 1.807) is 18.2 Å². The molecule has 20 heavy (non-hydrogen) atoms. The molecule has 106 valence electrons. The molecule has 0 unspecified atom stereocenters. The Balaban J connectivity index is 2.32. The number of sulfonamides is 1. The predicted octanol–water partition coefficient (Wildman–Crippen LogP) is 2.84. The summed E-state index contributed by atoms with van der Waals surface area (Å²) in [6.45, 7) is 1.84. The largest absolute Gasteiger partial charge is 0.324 e. The van der Waals surface area contributed by atoms with Crippen LogP contribution in [0.1, 0.15) is 5.56 Å². The van der Waals surface area contributed by atoms with E-state index in [0.717, 1.165) is 10.0 Å². The zero-order valence-corrected chi connectivity index (χ0v) is 13.1. The topological polar surface area (TPSA) is 84.2 Å². The first-order valence-corrected chi connectivity index (χ1v) is 8.05. The molecule has 0 bridgehead atoms. The monoisotopic (exact) mass is 355 g/mol. The van der Waals surface area contributed by atoms with Crippen LogP contribution >= 0.6 is 15.9 Å². The summed E-state index contributed by atoms with van der Waals surface area (Å²) < 4.78 is 28.0. The Morgan fingerprint density at radius 1 is 1.10 bits per heavy atom. The van der Waals surface area contributed by atoms with Crippen molar-refractivity contribution in [3.63, 3.8) is 0 Å². The summed E-state index contributed by atoms with van der Waals surface area (Å²) in [6, 6.07) is 11.6. The Morgan fingerprint density at radius 3 is 2.35 bits per heavy atom. The van der Waals surface area contributed by atoms with Crippen molar-refractivity contribution in [1.29, 1.82) is 0 Å². The summed E-state index contributed by atoms with van der Waals surface area (Å²) in [6.07, 6.45) is 0. The van der Waals surface area contributed by atoms with Crippen molar-refractivity contribution >= 4 is 37.3 Å². The lowest BCUT2D eigenvalue weighted by Gasteiger charge is -2.11. The van der Waals surface area contributed by atoms with E-state index in [1.165, 1.54) is 12.1 Å². The van der Waals surface area contributed by atoms with Gasteiger partial charge in [0.25, 0.3) is 10.0 Å². The smallest absolute Gasteiger partial charge is 0.261 e. The molecule has 0 radical (unpaired) electrons. The van der Waals surface area contributed by atoms with Gasteiger partial charge in [-0.05, 0) is 48.9 Å². The van der Waals surface area contributed by atoms with Crippen molar-refractivity contribution in [2.75, 3.05) is 10.1 Å². The molecule has 0 aliphatic carbocycles. The lowest BCUT2D eigenvalue weighted by molar-refractivity contribution is 0.601. The molecule has 0 heterocycles. The average molecular weight is 356 g/mol. The minimum Gasteiger partial charge on any atom is -0.324 e. The van der Waals surface area contributed by atoms with E-state index in [4.69, 9.17) is 5.84 Å². The van der Waals surface area contributed by atoms with Crippen molar-refractivity contribution in [2.24, 2.45) is 5.84 Å². The van der Waals surface area contributed by atoms with Crippen LogP contribution in [-0.4, -0.2) is 8.42 Å². The first-order valence-electron chi connectivity index (χ1n) is 5.78. The highest BCUT2D eigenvalue weighted by molar-refractivity contribution is 9.10. The molecule has 0 aliphatic heterocycles. The van der Waals surface area contributed by atoms with E-state index in [2.05, 4.69) is 26.1 Å². The summed E-state index contributed by atoms with van der Waals surface area (Å²) in [4.78, 5) is 0.177. The Labute approximate surface area is 126 Å². The van der Waals surface area contributed by atoms with Gasteiger partial charge in [0.05, 0.1) is 10.6 Å². The highest BCUT2D eigenvalue weighted by Crippen LogP contribution is 2.24. The molecule has 0 aromatic heterocycles. The molecule has 0 atom stereocenters. The van der Waals surface area contributed by atoms with Gasteiger partial charge in [0, 0.05) is 10.2 Å². The molecule has 0 fully saturated rings.